The van der Waals surface area contributed by atoms with Crippen LogP contribution in [0.2, 0.25) is 0 Å². The Bertz CT molecular complexity index is 336. The Morgan fingerprint density at radius 3 is 3.13 bits per heavy atom. The average Bonchev–Trinajstić information content (AvgIpc) is 2.84. The van der Waals surface area contributed by atoms with E-state index in [1.54, 1.807) is 0 Å². The molecule has 2 atom stereocenters. The van der Waals surface area contributed by atoms with Gasteiger partial charge in [-0.25, -0.2) is 4.98 Å². The van der Waals surface area contributed by atoms with E-state index in [2.05, 4.69) is 16.5 Å². The van der Waals surface area contributed by atoms with Crippen LogP contribution in [0.5, 0.6) is 0 Å². The van der Waals surface area contributed by atoms with Crippen molar-refractivity contribution in [2.45, 2.75) is 44.2 Å². The molecule has 1 aliphatic carbocycles. The third-order valence-electron chi connectivity index (χ3n) is 3.39. The molecule has 1 saturated carbocycles. The maximum Gasteiger partial charge on any atom is 0.108 e. The van der Waals surface area contributed by atoms with Crippen LogP contribution in [0, 0.1) is 0 Å². The lowest BCUT2D eigenvalue weighted by atomic mass is 10.0. The molecule has 1 fully saturated rings. The number of aliphatic hydroxyl groups is 1. The zero-order valence-electron chi connectivity index (χ0n) is 9.19. The van der Waals surface area contributed by atoms with Gasteiger partial charge in [-0.1, -0.05) is 6.92 Å². The molecule has 0 amide bonds. The van der Waals surface area contributed by atoms with Crippen LogP contribution in [-0.4, -0.2) is 26.8 Å². The first-order valence-corrected chi connectivity index (χ1v) is 5.60. The van der Waals surface area contributed by atoms with Crippen molar-refractivity contribution in [2.75, 3.05) is 6.61 Å². The summed E-state index contributed by atoms with van der Waals surface area (Å²) in [6.45, 7) is 2.19. The maximum absolute atomic E-state index is 9.22. The summed E-state index contributed by atoms with van der Waals surface area (Å²) in [5.74, 6) is 1.11. The van der Waals surface area contributed by atoms with Crippen molar-refractivity contribution in [1.29, 1.82) is 0 Å². The van der Waals surface area contributed by atoms with Crippen molar-refractivity contribution < 1.29 is 5.11 Å². The standard InChI is InChI=1S/C11H19N3O/c1-2-10-13-5-6-14(10)9-3-4-11(12,7-9)8-15/h5-6,9,15H,2-4,7-8,12H2,1H3. The minimum atomic E-state index is -0.375. The molecule has 84 valence electrons. The van der Waals surface area contributed by atoms with Crippen LogP contribution >= 0.6 is 0 Å². The molecule has 1 aliphatic rings. The van der Waals surface area contributed by atoms with E-state index < -0.39 is 0 Å². The summed E-state index contributed by atoms with van der Waals surface area (Å²) < 4.78 is 2.21. The van der Waals surface area contributed by atoms with Gasteiger partial charge in [0.15, 0.2) is 0 Å². The summed E-state index contributed by atoms with van der Waals surface area (Å²) in [5, 5.41) is 9.22. The van der Waals surface area contributed by atoms with Crippen LogP contribution in [0.3, 0.4) is 0 Å². The predicted octanol–water partition coefficient (Wildman–Crippen LogP) is 0.860. The highest BCUT2D eigenvalue weighted by molar-refractivity contribution is 5.02. The van der Waals surface area contributed by atoms with Crippen molar-refractivity contribution in [3.63, 3.8) is 0 Å². The van der Waals surface area contributed by atoms with Gasteiger partial charge < -0.3 is 15.4 Å². The minimum absolute atomic E-state index is 0.0830. The number of aliphatic hydroxyl groups excluding tert-OH is 1. The normalized spacial score (nSPS) is 31.0. The summed E-state index contributed by atoms with van der Waals surface area (Å²) in [6.07, 6.45) is 7.60. The first-order valence-electron chi connectivity index (χ1n) is 5.60. The Morgan fingerprint density at radius 2 is 2.53 bits per heavy atom. The second kappa shape index (κ2) is 3.94. The SMILES string of the molecule is CCc1nccn1C1CCC(N)(CO)C1. The molecular formula is C11H19N3O. The number of nitrogens with zero attached hydrogens (tertiary/aromatic N) is 2. The quantitative estimate of drug-likeness (QED) is 0.776. The Kier molecular flexibility index (Phi) is 2.80. The van der Waals surface area contributed by atoms with Crippen molar-refractivity contribution in [3.05, 3.63) is 18.2 Å². The Labute approximate surface area is 90.1 Å². The number of nitrogens with two attached hydrogens (primary N) is 1. The number of hydrogen-bond acceptors (Lipinski definition) is 3. The average molecular weight is 209 g/mol. The zero-order valence-corrected chi connectivity index (χ0v) is 9.19. The number of aryl methyl sites for hydroxylation is 1. The topological polar surface area (TPSA) is 64.1 Å². The molecule has 0 radical (unpaired) electrons. The van der Waals surface area contributed by atoms with Crippen LogP contribution < -0.4 is 5.73 Å². The number of rotatable bonds is 3. The van der Waals surface area contributed by atoms with Crippen molar-refractivity contribution in [3.8, 4) is 0 Å². The van der Waals surface area contributed by atoms with Gasteiger partial charge in [0.2, 0.25) is 0 Å². The molecule has 0 aromatic carbocycles. The summed E-state index contributed by atoms with van der Waals surface area (Å²) in [7, 11) is 0. The van der Waals surface area contributed by atoms with Crippen LogP contribution in [0.4, 0.5) is 0 Å². The summed E-state index contributed by atoms with van der Waals surface area (Å²) in [4.78, 5) is 4.31. The molecule has 0 bridgehead atoms. The summed E-state index contributed by atoms with van der Waals surface area (Å²) in [6, 6.07) is 0.416. The lowest BCUT2D eigenvalue weighted by molar-refractivity contribution is 0.195. The van der Waals surface area contributed by atoms with Gasteiger partial charge in [0.05, 0.1) is 6.61 Å². The van der Waals surface area contributed by atoms with E-state index in [9.17, 15) is 5.11 Å². The Hall–Kier alpha value is -0.870. The molecule has 1 aromatic rings. The second-order valence-corrected chi connectivity index (χ2v) is 4.52. The molecule has 1 heterocycles. The van der Waals surface area contributed by atoms with E-state index in [0.717, 1.165) is 31.5 Å². The molecule has 4 heteroatoms. The van der Waals surface area contributed by atoms with Crippen LogP contribution in [0.15, 0.2) is 12.4 Å². The van der Waals surface area contributed by atoms with Gasteiger partial charge in [-0.05, 0) is 19.3 Å². The van der Waals surface area contributed by atoms with E-state index in [0.29, 0.717) is 6.04 Å². The maximum atomic E-state index is 9.22. The van der Waals surface area contributed by atoms with Gasteiger partial charge in [0.25, 0.3) is 0 Å². The van der Waals surface area contributed by atoms with Gasteiger partial charge in [-0.3, -0.25) is 0 Å². The lowest BCUT2D eigenvalue weighted by Gasteiger charge is -2.21. The largest absolute Gasteiger partial charge is 0.394 e. The van der Waals surface area contributed by atoms with Gasteiger partial charge in [-0.2, -0.15) is 0 Å². The number of aromatic nitrogens is 2. The molecule has 0 aliphatic heterocycles. The van der Waals surface area contributed by atoms with Crippen molar-refractivity contribution >= 4 is 0 Å². The van der Waals surface area contributed by atoms with Gasteiger partial charge in [0.1, 0.15) is 5.82 Å². The van der Waals surface area contributed by atoms with Crippen molar-refractivity contribution in [2.24, 2.45) is 5.73 Å². The Balaban J connectivity index is 2.14. The van der Waals surface area contributed by atoms with Gasteiger partial charge in [0, 0.05) is 30.4 Å². The fourth-order valence-electron chi connectivity index (χ4n) is 2.46. The summed E-state index contributed by atoms with van der Waals surface area (Å²) >= 11 is 0. The smallest absolute Gasteiger partial charge is 0.108 e. The molecule has 0 spiro atoms. The Morgan fingerprint density at radius 1 is 1.73 bits per heavy atom. The second-order valence-electron chi connectivity index (χ2n) is 4.52. The van der Waals surface area contributed by atoms with E-state index in [1.165, 1.54) is 0 Å². The molecule has 4 nitrogen and oxygen atoms in total. The molecule has 15 heavy (non-hydrogen) atoms. The first-order chi connectivity index (χ1) is 7.18. The van der Waals surface area contributed by atoms with Crippen LogP contribution in [0.1, 0.15) is 38.1 Å². The van der Waals surface area contributed by atoms with Gasteiger partial charge >= 0.3 is 0 Å². The number of imidazole rings is 1. The number of hydrogen-bond donors (Lipinski definition) is 2. The molecule has 2 rings (SSSR count). The molecule has 2 unspecified atom stereocenters. The van der Waals surface area contributed by atoms with E-state index in [-0.39, 0.29) is 12.1 Å². The van der Waals surface area contributed by atoms with Crippen molar-refractivity contribution in [1.82, 2.24) is 9.55 Å². The minimum Gasteiger partial charge on any atom is -0.394 e. The molecule has 3 N–H and O–H groups in total. The molecule has 0 saturated heterocycles. The third kappa shape index (κ3) is 1.92. The highest BCUT2D eigenvalue weighted by Crippen LogP contribution is 2.36. The van der Waals surface area contributed by atoms with E-state index in [4.69, 9.17) is 5.73 Å². The summed E-state index contributed by atoms with van der Waals surface area (Å²) in [5.41, 5.74) is 5.69. The van der Waals surface area contributed by atoms with Crippen LogP contribution in [0.25, 0.3) is 0 Å². The highest BCUT2D eigenvalue weighted by atomic mass is 16.3. The molecular weight excluding hydrogens is 190 g/mol. The van der Waals surface area contributed by atoms with Gasteiger partial charge in [-0.15, -0.1) is 0 Å². The first kappa shape index (κ1) is 10.6. The fraction of sp³-hybridized carbons (Fsp3) is 0.727. The van der Waals surface area contributed by atoms with Crippen LogP contribution in [-0.2, 0) is 6.42 Å². The highest BCUT2D eigenvalue weighted by Gasteiger charge is 2.36. The predicted molar refractivity (Wildman–Crippen MR) is 58.5 cm³/mol. The van der Waals surface area contributed by atoms with E-state index in [1.807, 2.05) is 12.4 Å². The third-order valence-corrected chi connectivity index (χ3v) is 3.39. The zero-order chi connectivity index (χ0) is 10.9. The monoisotopic (exact) mass is 209 g/mol. The molecule has 1 aromatic heterocycles. The van der Waals surface area contributed by atoms with E-state index >= 15 is 0 Å². The lowest BCUT2D eigenvalue weighted by Crippen LogP contribution is -2.40. The fourth-order valence-corrected chi connectivity index (χ4v) is 2.46.